The van der Waals surface area contributed by atoms with Gasteiger partial charge in [0.1, 0.15) is 17.3 Å². The number of ether oxygens (including phenoxy) is 2. The van der Waals surface area contributed by atoms with Crippen molar-refractivity contribution in [3.8, 4) is 0 Å². The summed E-state index contributed by atoms with van der Waals surface area (Å²) in [5, 5.41) is 5.74. The Bertz CT molecular complexity index is 764. The Kier molecular flexibility index (Phi) is 6.41. The van der Waals surface area contributed by atoms with Crippen molar-refractivity contribution < 1.29 is 19.1 Å². The maximum absolute atomic E-state index is 12.1. The van der Waals surface area contributed by atoms with E-state index in [9.17, 15) is 9.59 Å². The van der Waals surface area contributed by atoms with E-state index in [4.69, 9.17) is 9.47 Å². The van der Waals surface area contributed by atoms with Crippen molar-refractivity contribution in [2.24, 2.45) is 0 Å². The molecule has 0 saturated carbocycles. The van der Waals surface area contributed by atoms with Gasteiger partial charge in [0.15, 0.2) is 0 Å². The number of benzene rings is 1. The van der Waals surface area contributed by atoms with Crippen molar-refractivity contribution in [1.29, 1.82) is 0 Å². The molecule has 2 N–H and O–H groups in total. The summed E-state index contributed by atoms with van der Waals surface area (Å²) >= 11 is 0. The molecule has 0 spiro atoms. The van der Waals surface area contributed by atoms with Crippen LogP contribution in [0.2, 0.25) is 0 Å². The Hall–Kier alpha value is -3.00. The summed E-state index contributed by atoms with van der Waals surface area (Å²) in [7, 11) is 2.87. The van der Waals surface area contributed by atoms with E-state index in [1.54, 1.807) is 38.3 Å². The monoisotopic (exact) mass is 344 g/mol. The quantitative estimate of drug-likeness (QED) is 0.582. The Morgan fingerprint density at radius 1 is 1.16 bits per heavy atom. The zero-order chi connectivity index (χ0) is 18.2. The van der Waals surface area contributed by atoms with Gasteiger partial charge in [-0.25, -0.2) is 14.8 Å². The minimum absolute atomic E-state index is 0.224. The highest BCUT2D eigenvalue weighted by Gasteiger charge is 2.14. The maximum Gasteiger partial charge on any atom is 0.339 e. The number of carbonyl (C=O) groups excluding carboxylic acids is 2. The molecule has 0 bridgehead atoms. The van der Waals surface area contributed by atoms with Crippen LogP contribution in [0.4, 0.5) is 11.5 Å². The first-order valence-corrected chi connectivity index (χ1v) is 7.62. The number of esters is 1. The molecule has 1 amide bonds. The third-order valence-corrected chi connectivity index (χ3v) is 3.26. The second-order valence-electron chi connectivity index (χ2n) is 5.10. The second kappa shape index (κ2) is 8.74. The van der Waals surface area contributed by atoms with Crippen molar-refractivity contribution in [3.05, 3.63) is 47.4 Å². The number of aryl methyl sites for hydroxylation is 1. The lowest BCUT2D eigenvalue weighted by molar-refractivity contribution is 0.0601. The first kappa shape index (κ1) is 18.3. The molecule has 0 unspecified atom stereocenters. The van der Waals surface area contributed by atoms with Gasteiger partial charge in [-0.05, 0) is 19.1 Å². The van der Waals surface area contributed by atoms with Gasteiger partial charge in [0.05, 0.1) is 25.0 Å². The number of nitrogens with one attached hydrogen (secondary N) is 2. The van der Waals surface area contributed by atoms with Crippen molar-refractivity contribution in [1.82, 2.24) is 15.3 Å². The molecule has 2 aromatic rings. The van der Waals surface area contributed by atoms with Gasteiger partial charge < -0.3 is 20.1 Å². The number of rotatable bonds is 7. The molecular weight excluding hydrogens is 324 g/mol. The Balaban J connectivity index is 2.24. The van der Waals surface area contributed by atoms with Crippen LogP contribution in [-0.2, 0) is 9.47 Å². The van der Waals surface area contributed by atoms with Crippen LogP contribution in [0.3, 0.4) is 0 Å². The minimum atomic E-state index is -0.466. The normalized spacial score (nSPS) is 10.2. The molecule has 0 aliphatic carbocycles. The van der Waals surface area contributed by atoms with Gasteiger partial charge in [-0.3, -0.25) is 4.79 Å². The number of amides is 1. The summed E-state index contributed by atoms with van der Waals surface area (Å²) in [6.07, 6.45) is 0. The molecular formula is C17H20N4O4. The van der Waals surface area contributed by atoms with Crippen molar-refractivity contribution in [3.63, 3.8) is 0 Å². The molecule has 2 rings (SSSR count). The summed E-state index contributed by atoms with van der Waals surface area (Å²) in [4.78, 5) is 32.4. The number of hydrogen-bond donors (Lipinski definition) is 2. The molecule has 0 atom stereocenters. The van der Waals surface area contributed by atoms with Gasteiger partial charge in [0.2, 0.25) is 0 Å². The number of hydrogen-bond acceptors (Lipinski definition) is 7. The second-order valence-corrected chi connectivity index (χ2v) is 5.10. The molecule has 1 aromatic heterocycles. The van der Waals surface area contributed by atoms with Crippen LogP contribution in [0.15, 0.2) is 30.3 Å². The predicted octanol–water partition coefficient (Wildman–Crippen LogP) is 1.69. The third-order valence-electron chi connectivity index (χ3n) is 3.26. The van der Waals surface area contributed by atoms with Crippen LogP contribution in [0.1, 0.15) is 26.7 Å². The molecule has 132 valence electrons. The largest absolute Gasteiger partial charge is 0.465 e. The van der Waals surface area contributed by atoms with Crippen LogP contribution < -0.4 is 10.6 Å². The van der Waals surface area contributed by atoms with Crippen molar-refractivity contribution in [2.45, 2.75) is 6.92 Å². The fraction of sp³-hybridized carbons (Fsp3) is 0.294. The van der Waals surface area contributed by atoms with Crippen LogP contribution in [-0.4, -0.2) is 49.2 Å². The minimum Gasteiger partial charge on any atom is -0.465 e. The van der Waals surface area contributed by atoms with Crippen LogP contribution >= 0.6 is 0 Å². The summed E-state index contributed by atoms with van der Waals surface area (Å²) < 4.78 is 9.66. The molecule has 0 aliphatic heterocycles. The third kappa shape index (κ3) is 4.98. The highest BCUT2D eigenvalue weighted by molar-refractivity contribution is 5.97. The van der Waals surface area contributed by atoms with Crippen molar-refractivity contribution >= 4 is 23.4 Å². The first-order valence-electron chi connectivity index (χ1n) is 7.62. The zero-order valence-electron chi connectivity index (χ0n) is 14.3. The number of aromatic nitrogens is 2. The molecule has 0 radical (unpaired) electrons. The number of para-hydroxylation sites is 1. The first-order chi connectivity index (χ1) is 12.0. The number of anilines is 2. The summed E-state index contributed by atoms with van der Waals surface area (Å²) in [6, 6.07) is 8.39. The van der Waals surface area contributed by atoms with E-state index in [1.807, 2.05) is 0 Å². The van der Waals surface area contributed by atoms with E-state index in [0.717, 1.165) is 0 Å². The molecule has 1 aromatic carbocycles. The van der Waals surface area contributed by atoms with Crippen LogP contribution in [0.25, 0.3) is 0 Å². The fourth-order valence-corrected chi connectivity index (χ4v) is 2.12. The van der Waals surface area contributed by atoms with E-state index in [2.05, 4.69) is 20.6 Å². The number of carbonyl (C=O) groups is 2. The predicted molar refractivity (Wildman–Crippen MR) is 92.0 cm³/mol. The highest BCUT2D eigenvalue weighted by Crippen LogP contribution is 2.21. The van der Waals surface area contributed by atoms with Crippen LogP contribution in [0, 0.1) is 6.92 Å². The summed E-state index contributed by atoms with van der Waals surface area (Å²) in [5.74, 6) is 0.0384. The average Bonchev–Trinajstić information content (AvgIpc) is 2.61. The Morgan fingerprint density at radius 3 is 2.64 bits per heavy atom. The van der Waals surface area contributed by atoms with E-state index >= 15 is 0 Å². The molecule has 0 fully saturated rings. The summed E-state index contributed by atoms with van der Waals surface area (Å²) in [6.45, 7) is 2.48. The van der Waals surface area contributed by atoms with Crippen molar-refractivity contribution in [2.75, 3.05) is 32.7 Å². The SMILES string of the molecule is COCCNC(=O)c1cc(Nc2ccccc2C(=O)OC)nc(C)n1. The van der Waals surface area contributed by atoms with E-state index in [-0.39, 0.29) is 11.6 Å². The number of nitrogens with zero attached hydrogens (tertiary/aromatic N) is 2. The van der Waals surface area contributed by atoms with Gasteiger partial charge in [-0.1, -0.05) is 12.1 Å². The lowest BCUT2D eigenvalue weighted by Crippen LogP contribution is -2.28. The Morgan fingerprint density at radius 2 is 1.92 bits per heavy atom. The molecule has 8 nitrogen and oxygen atoms in total. The van der Waals surface area contributed by atoms with Gasteiger partial charge in [0.25, 0.3) is 5.91 Å². The molecule has 0 saturated heterocycles. The van der Waals surface area contributed by atoms with Gasteiger partial charge in [-0.2, -0.15) is 0 Å². The average molecular weight is 344 g/mol. The lowest BCUT2D eigenvalue weighted by atomic mass is 10.2. The molecule has 25 heavy (non-hydrogen) atoms. The van der Waals surface area contributed by atoms with Gasteiger partial charge in [0, 0.05) is 19.7 Å². The number of methoxy groups -OCH3 is 2. The van der Waals surface area contributed by atoms with E-state index < -0.39 is 5.97 Å². The maximum atomic E-state index is 12.1. The lowest BCUT2D eigenvalue weighted by Gasteiger charge is -2.11. The topological polar surface area (TPSA) is 102 Å². The molecule has 1 heterocycles. The standard InChI is InChI=1S/C17H20N4O4/c1-11-19-14(16(22)18-8-9-24-2)10-15(20-11)21-13-7-5-4-6-12(13)17(23)25-3/h4-7,10H,8-9H2,1-3H3,(H,18,22)(H,19,20,21). The highest BCUT2D eigenvalue weighted by atomic mass is 16.5. The fourth-order valence-electron chi connectivity index (χ4n) is 2.12. The van der Waals surface area contributed by atoms with Gasteiger partial charge >= 0.3 is 5.97 Å². The van der Waals surface area contributed by atoms with Crippen LogP contribution in [0.5, 0.6) is 0 Å². The van der Waals surface area contributed by atoms with E-state index in [0.29, 0.717) is 36.0 Å². The van der Waals surface area contributed by atoms with Gasteiger partial charge in [-0.15, -0.1) is 0 Å². The Labute approximate surface area is 145 Å². The van der Waals surface area contributed by atoms with E-state index in [1.165, 1.54) is 13.2 Å². The summed E-state index contributed by atoms with van der Waals surface area (Å²) in [5.41, 5.74) is 1.12. The molecule has 8 heteroatoms. The smallest absolute Gasteiger partial charge is 0.339 e. The molecule has 0 aliphatic rings. The zero-order valence-corrected chi connectivity index (χ0v) is 14.3.